The molecule has 1 aromatic carbocycles. The molecule has 0 fully saturated rings. The lowest BCUT2D eigenvalue weighted by molar-refractivity contribution is -0.275. The molecule has 104 valence electrons. The molecule has 0 unspecified atom stereocenters. The maximum Gasteiger partial charge on any atom is 0.573 e. The number of hydrogen-bond donors (Lipinski definition) is 2. The molecule has 8 heteroatoms. The van der Waals surface area contributed by atoms with Gasteiger partial charge in [-0.2, -0.15) is 0 Å². The van der Waals surface area contributed by atoms with Crippen molar-refractivity contribution in [3.8, 4) is 5.75 Å². The van der Waals surface area contributed by atoms with Gasteiger partial charge in [0.2, 0.25) is 0 Å². The van der Waals surface area contributed by atoms with Gasteiger partial charge < -0.3 is 15.6 Å². The Labute approximate surface area is 117 Å². The number of aliphatic hydroxyl groups is 1. The lowest BCUT2D eigenvalue weighted by Crippen LogP contribution is -2.26. The molecule has 0 aliphatic heterocycles. The summed E-state index contributed by atoms with van der Waals surface area (Å²) in [6, 6.07) is 2.98. The highest BCUT2D eigenvalue weighted by molar-refractivity contribution is 9.10. The Balaban J connectivity index is 0.00000289. The van der Waals surface area contributed by atoms with Gasteiger partial charge in [0, 0.05) is 10.0 Å². The Morgan fingerprint density at radius 2 is 1.94 bits per heavy atom. The van der Waals surface area contributed by atoms with Crippen LogP contribution in [0.15, 0.2) is 22.7 Å². The normalized spacial score (nSPS) is 14.6. The van der Waals surface area contributed by atoms with Crippen molar-refractivity contribution in [2.75, 3.05) is 0 Å². The molecule has 0 radical (unpaired) electrons. The predicted molar refractivity (Wildman–Crippen MR) is 66.7 cm³/mol. The van der Waals surface area contributed by atoms with E-state index < -0.39 is 24.3 Å². The topological polar surface area (TPSA) is 55.5 Å². The quantitative estimate of drug-likeness (QED) is 0.880. The fourth-order valence-electron chi connectivity index (χ4n) is 1.26. The number of aliphatic hydroxyl groups excluding tert-OH is 1. The number of ether oxygens (including phenoxy) is 1. The average molecular weight is 351 g/mol. The summed E-state index contributed by atoms with van der Waals surface area (Å²) in [7, 11) is 0. The van der Waals surface area contributed by atoms with Crippen LogP contribution in [0.5, 0.6) is 5.75 Å². The number of halogens is 5. The maximum atomic E-state index is 12.1. The molecule has 0 aromatic heterocycles. The first-order valence-corrected chi connectivity index (χ1v) is 5.49. The van der Waals surface area contributed by atoms with E-state index in [0.29, 0.717) is 4.47 Å². The third kappa shape index (κ3) is 5.01. The largest absolute Gasteiger partial charge is 0.573 e. The van der Waals surface area contributed by atoms with Crippen LogP contribution in [0.1, 0.15) is 18.5 Å². The fraction of sp³-hybridized carbons (Fsp3) is 0.400. The molecule has 0 bridgehead atoms. The second kappa shape index (κ2) is 6.60. The molecule has 1 rings (SSSR count). The number of benzene rings is 1. The van der Waals surface area contributed by atoms with E-state index in [-0.39, 0.29) is 18.0 Å². The third-order valence-corrected chi connectivity index (χ3v) is 2.57. The number of alkyl halides is 3. The van der Waals surface area contributed by atoms with Gasteiger partial charge >= 0.3 is 6.36 Å². The Hall–Kier alpha value is -0.500. The highest BCUT2D eigenvalue weighted by Crippen LogP contribution is 2.32. The van der Waals surface area contributed by atoms with E-state index in [2.05, 4.69) is 20.7 Å². The summed E-state index contributed by atoms with van der Waals surface area (Å²) in [6.45, 7) is 1.39. The van der Waals surface area contributed by atoms with Gasteiger partial charge in [-0.25, -0.2) is 0 Å². The van der Waals surface area contributed by atoms with Crippen molar-refractivity contribution in [2.45, 2.75) is 25.4 Å². The number of hydrogen-bond acceptors (Lipinski definition) is 3. The summed E-state index contributed by atoms with van der Waals surface area (Å²) in [5, 5.41) is 9.31. The van der Waals surface area contributed by atoms with E-state index in [1.165, 1.54) is 19.1 Å². The van der Waals surface area contributed by atoms with Crippen molar-refractivity contribution < 1.29 is 23.0 Å². The molecule has 0 aliphatic carbocycles. The lowest BCUT2D eigenvalue weighted by Gasteiger charge is -2.20. The molecule has 0 aliphatic rings. The van der Waals surface area contributed by atoms with Gasteiger partial charge in [0.1, 0.15) is 5.75 Å². The van der Waals surface area contributed by atoms with E-state index in [0.717, 1.165) is 6.07 Å². The molecule has 0 saturated carbocycles. The number of nitrogens with two attached hydrogens (primary N) is 1. The second-order valence-electron chi connectivity index (χ2n) is 3.50. The minimum atomic E-state index is -4.79. The zero-order valence-electron chi connectivity index (χ0n) is 9.24. The summed E-state index contributed by atoms with van der Waals surface area (Å²) < 4.78 is 40.8. The first-order valence-electron chi connectivity index (χ1n) is 4.69. The van der Waals surface area contributed by atoms with Crippen LogP contribution < -0.4 is 10.5 Å². The van der Waals surface area contributed by atoms with Crippen molar-refractivity contribution in [1.82, 2.24) is 0 Å². The molecule has 0 heterocycles. The van der Waals surface area contributed by atoms with E-state index in [4.69, 9.17) is 5.73 Å². The minimum absolute atomic E-state index is 0. The molecule has 0 spiro atoms. The summed E-state index contributed by atoms with van der Waals surface area (Å²) >= 11 is 3.12. The van der Waals surface area contributed by atoms with Crippen LogP contribution in [0, 0.1) is 0 Å². The van der Waals surface area contributed by atoms with Gasteiger partial charge in [-0.3, -0.25) is 0 Å². The minimum Gasteiger partial charge on any atom is -0.405 e. The molecule has 3 N–H and O–H groups in total. The van der Waals surface area contributed by atoms with Gasteiger partial charge in [0.05, 0.1) is 12.1 Å². The highest BCUT2D eigenvalue weighted by Gasteiger charge is 2.33. The van der Waals surface area contributed by atoms with E-state index in [1.807, 2.05) is 0 Å². The average Bonchev–Trinajstić information content (AvgIpc) is 2.17. The summed E-state index contributed by atoms with van der Waals surface area (Å²) in [6.07, 6.45) is -5.78. The van der Waals surface area contributed by atoms with E-state index >= 15 is 0 Å². The van der Waals surface area contributed by atoms with Crippen molar-refractivity contribution in [2.24, 2.45) is 5.73 Å². The molecule has 18 heavy (non-hydrogen) atoms. The standard InChI is InChI=1S/C10H11BrF3NO2.ClH/c1-5(16)9(15)7-4-6(11)2-3-8(7)17-10(12,13)14;/h2-5,9,16H,15H2,1H3;1H/t5-,9-;/m0./s1. The molecule has 3 nitrogen and oxygen atoms in total. The predicted octanol–water partition coefficient (Wildman–Crippen LogP) is 3.15. The van der Waals surface area contributed by atoms with E-state index in [1.54, 1.807) is 0 Å². The van der Waals surface area contributed by atoms with Gasteiger partial charge in [-0.1, -0.05) is 15.9 Å². The first kappa shape index (κ1) is 17.5. The van der Waals surface area contributed by atoms with Gasteiger partial charge in [0.15, 0.2) is 0 Å². The van der Waals surface area contributed by atoms with Crippen molar-refractivity contribution in [3.05, 3.63) is 28.2 Å². The maximum absolute atomic E-state index is 12.1. The van der Waals surface area contributed by atoms with Crippen LogP contribution in [-0.2, 0) is 0 Å². The van der Waals surface area contributed by atoms with Gasteiger partial charge in [0.25, 0.3) is 0 Å². The monoisotopic (exact) mass is 349 g/mol. The van der Waals surface area contributed by atoms with Gasteiger partial charge in [-0.15, -0.1) is 25.6 Å². The Bertz CT molecular complexity index is 401. The molecule has 0 amide bonds. The van der Waals surface area contributed by atoms with E-state index in [9.17, 15) is 18.3 Å². The van der Waals surface area contributed by atoms with Crippen LogP contribution in [0.4, 0.5) is 13.2 Å². The Morgan fingerprint density at radius 3 is 2.39 bits per heavy atom. The third-order valence-electron chi connectivity index (χ3n) is 2.08. The van der Waals surface area contributed by atoms with Crippen LogP contribution in [-0.4, -0.2) is 17.6 Å². The van der Waals surface area contributed by atoms with Crippen LogP contribution in [0.25, 0.3) is 0 Å². The first-order chi connectivity index (χ1) is 7.70. The summed E-state index contributed by atoms with van der Waals surface area (Å²) in [5.74, 6) is -0.408. The molecular weight excluding hydrogens is 338 g/mol. The van der Waals surface area contributed by atoms with Crippen molar-refractivity contribution >= 4 is 28.3 Å². The lowest BCUT2D eigenvalue weighted by atomic mass is 10.0. The molecule has 0 saturated heterocycles. The van der Waals surface area contributed by atoms with Gasteiger partial charge in [-0.05, 0) is 25.1 Å². The SMILES string of the molecule is C[C@H](O)[C@H](N)c1cc(Br)ccc1OC(F)(F)F.Cl. The smallest absolute Gasteiger partial charge is 0.405 e. The number of rotatable bonds is 3. The van der Waals surface area contributed by atoms with Crippen molar-refractivity contribution in [1.29, 1.82) is 0 Å². The van der Waals surface area contributed by atoms with Crippen molar-refractivity contribution in [3.63, 3.8) is 0 Å². The highest BCUT2D eigenvalue weighted by atomic mass is 79.9. The van der Waals surface area contributed by atoms with Crippen LogP contribution in [0.3, 0.4) is 0 Å². The zero-order chi connectivity index (χ0) is 13.2. The fourth-order valence-corrected chi connectivity index (χ4v) is 1.64. The Morgan fingerprint density at radius 1 is 1.39 bits per heavy atom. The molecular formula is C10H12BrClF3NO2. The molecule has 2 atom stereocenters. The summed E-state index contributed by atoms with van der Waals surface area (Å²) in [4.78, 5) is 0. The van der Waals surface area contributed by atoms with Crippen LogP contribution in [0.2, 0.25) is 0 Å². The summed E-state index contributed by atoms with van der Waals surface area (Å²) in [5.41, 5.74) is 5.70. The van der Waals surface area contributed by atoms with Crippen LogP contribution >= 0.6 is 28.3 Å². The zero-order valence-corrected chi connectivity index (χ0v) is 11.6. The Kier molecular flexibility index (Phi) is 6.42. The molecule has 1 aromatic rings. The second-order valence-corrected chi connectivity index (χ2v) is 4.41.